The van der Waals surface area contributed by atoms with Crippen molar-refractivity contribution < 1.29 is 14.4 Å². The molecule has 0 radical (unpaired) electrons. The fourth-order valence-electron chi connectivity index (χ4n) is 1.72. The molecule has 0 spiro atoms. The van der Waals surface area contributed by atoms with Crippen LogP contribution in [0.2, 0.25) is 0 Å². The van der Waals surface area contributed by atoms with Gasteiger partial charge in [0.2, 0.25) is 5.89 Å². The number of hydrogen-bond donors (Lipinski definition) is 1. The van der Waals surface area contributed by atoms with Crippen LogP contribution in [-0.2, 0) is 12.8 Å². The van der Waals surface area contributed by atoms with E-state index in [1.807, 2.05) is 24.3 Å². The lowest BCUT2D eigenvalue weighted by Crippen LogP contribution is -2.04. The van der Waals surface area contributed by atoms with Crippen molar-refractivity contribution in [2.24, 2.45) is 0 Å². The zero-order valence-electron chi connectivity index (χ0n) is 10.5. The number of benzene rings is 1. The van der Waals surface area contributed by atoms with Crippen LogP contribution in [0.1, 0.15) is 24.2 Å². The third-order valence-corrected chi connectivity index (χ3v) is 2.52. The summed E-state index contributed by atoms with van der Waals surface area (Å²) >= 11 is 0. The highest BCUT2D eigenvalue weighted by molar-refractivity contribution is 5.35. The Hall–Kier alpha value is -1.88. The van der Waals surface area contributed by atoms with Crippen molar-refractivity contribution >= 4 is 0 Å². The SMILES string of the molecule is COc1ccccc1Cc1noc(CC(C)O)n1. The van der Waals surface area contributed by atoms with Crippen molar-refractivity contribution in [1.29, 1.82) is 0 Å². The molecule has 0 aliphatic heterocycles. The summed E-state index contributed by atoms with van der Waals surface area (Å²) in [4.78, 5) is 4.23. The first-order valence-corrected chi connectivity index (χ1v) is 5.80. The van der Waals surface area contributed by atoms with Gasteiger partial charge in [-0.15, -0.1) is 0 Å². The van der Waals surface area contributed by atoms with Crippen LogP contribution < -0.4 is 4.74 Å². The van der Waals surface area contributed by atoms with Crippen LogP contribution in [0, 0.1) is 0 Å². The molecule has 2 rings (SSSR count). The molecule has 5 heteroatoms. The average Bonchev–Trinajstić information content (AvgIpc) is 2.76. The summed E-state index contributed by atoms with van der Waals surface area (Å²) in [5, 5.41) is 13.1. The van der Waals surface area contributed by atoms with Crippen molar-refractivity contribution in [2.45, 2.75) is 25.9 Å². The van der Waals surface area contributed by atoms with E-state index in [2.05, 4.69) is 10.1 Å². The maximum absolute atomic E-state index is 9.24. The number of para-hydroxylation sites is 1. The molecule has 1 atom stereocenters. The van der Waals surface area contributed by atoms with E-state index in [9.17, 15) is 5.11 Å². The number of aromatic nitrogens is 2. The van der Waals surface area contributed by atoms with Gasteiger partial charge in [0, 0.05) is 12.0 Å². The van der Waals surface area contributed by atoms with Crippen LogP contribution in [0.3, 0.4) is 0 Å². The number of aliphatic hydroxyl groups excluding tert-OH is 1. The van der Waals surface area contributed by atoms with Crippen LogP contribution in [-0.4, -0.2) is 28.5 Å². The lowest BCUT2D eigenvalue weighted by atomic mass is 10.1. The lowest BCUT2D eigenvalue weighted by molar-refractivity contribution is 0.181. The van der Waals surface area contributed by atoms with Gasteiger partial charge in [-0.1, -0.05) is 23.4 Å². The number of rotatable bonds is 5. The number of hydrogen-bond acceptors (Lipinski definition) is 5. The van der Waals surface area contributed by atoms with Gasteiger partial charge in [-0.3, -0.25) is 0 Å². The second-order valence-corrected chi connectivity index (χ2v) is 4.15. The fraction of sp³-hybridized carbons (Fsp3) is 0.385. The molecule has 1 aromatic carbocycles. The Morgan fingerprint density at radius 3 is 2.89 bits per heavy atom. The second kappa shape index (κ2) is 5.64. The minimum Gasteiger partial charge on any atom is -0.496 e. The molecule has 2 aromatic rings. The molecular formula is C13H16N2O3. The predicted molar refractivity (Wildman–Crippen MR) is 65.5 cm³/mol. The zero-order valence-corrected chi connectivity index (χ0v) is 10.5. The molecule has 0 bridgehead atoms. The summed E-state index contributed by atoms with van der Waals surface area (Å²) in [5.41, 5.74) is 1.00. The highest BCUT2D eigenvalue weighted by atomic mass is 16.5. The summed E-state index contributed by atoms with van der Waals surface area (Å²) < 4.78 is 10.3. The van der Waals surface area contributed by atoms with E-state index in [0.29, 0.717) is 24.6 Å². The predicted octanol–water partition coefficient (Wildman–Crippen LogP) is 1.59. The Labute approximate surface area is 105 Å². The molecule has 18 heavy (non-hydrogen) atoms. The number of ether oxygens (including phenoxy) is 1. The Kier molecular flexibility index (Phi) is 3.94. The van der Waals surface area contributed by atoms with E-state index < -0.39 is 6.10 Å². The van der Waals surface area contributed by atoms with Crippen molar-refractivity contribution in [3.8, 4) is 5.75 Å². The van der Waals surface area contributed by atoms with E-state index in [0.717, 1.165) is 11.3 Å². The van der Waals surface area contributed by atoms with Crippen LogP contribution in [0.5, 0.6) is 5.75 Å². The third kappa shape index (κ3) is 3.07. The van der Waals surface area contributed by atoms with Gasteiger partial charge in [0.15, 0.2) is 5.82 Å². The molecule has 0 saturated carbocycles. The molecule has 5 nitrogen and oxygen atoms in total. The van der Waals surface area contributed by atoms with Gasteiger partial charge in [-0.25, -0.2) is 0 Å². The van der Waals surface area contributed by atoms with E-state index >= 15 is 0 Å². The Bertz CT molecular complexity index is 508. The first-order valence-electron chi connectivity index (χ1n) is 5.80. The van der Waals surface area contributed by atoms with Gasteiger partial charge in [0.25, 0.3) is 0 Å². The van der Waals surface area contributed by atoms with Crippen LogP contribution in [0.25, 0.3) is 0 Å². The standard InChI is InChI=1S/C13H16N2O3/c1-9(16)7-13-14-12(15-18-13)8-10-5-3-4-6-11(10)17-2/h3-6,9,16H,7-8H2,1-2H3. The summed E-state index contributed by atoms with van der Waals surface area (Å²) in [5.74, 6) is 1.85. The third-order valence-electron chi connectivity index (χ3n) is 2.52. The van der Waals surface area contributed by atoms with E-state index in [4.69, 9.17) is 9.26 Å². The van der Waals surface area contributed by atoms with Crippen molar-refractivity contribution in [1.82, 2.24) is 10.1 Å². The second-order valence-electron chi connectivity index (χ2n) is 4.15. The maximum Gasteiger partial charge on any atom is 0.229 e. The van der Waals surface area contributed by atoms with Crippen LogP contribution >= 0.6 is 0 Å². The molecule has 96 valence electrons. The van der Waals surface area contributed by atoms with E-state index in [1.54, 1.807) is 14.0 Å². The minimum absolute atomic E-state index is 0.374. The van der Waals surface area contributed by atoms with Crippen molar-refractivity contribution in [3.63, 3.8) is 0 Å². The van der Waals surface area contributed by atoms with Crippen molar-refractivity contribution in [3.05, 3.63) is 41.5 Å². The molecule has 1 N–H and O–H groups in total. The lowest BCUT2D eigenvalue weighted by Gasteiger charge is -2.05. The van der Waals surface area contributed by atoms with Gasteiger partial charge >= 0.3 is 0 Å². The van der Waals surface area contributed by atoms with E-state index in [1.165, 1.54) is 0 Å². The molecular weight excluding hydrogens is 232 g/mol. The topological polar surface area (TPSA) is 68.4 Å². The molecule has 0 fully saturated rings. The summed E-state index contributed by atoms with van der Waals surface area (Å²) in [6.07, 6.45) is 0.441. The molecule has 0 aliphatic rings. The van der Waals surface area contributed by atoms with Gasteiger partial charge in [0.05, 0.1) is 19.6 Å². The smallest absolute Gasteiger partial charge is 0.229 e. The summed E-state index contributed by atoms with van der Waals surface area (Å²) in [6.45, 7) is 1.68. The first-order chi connectivity index (χ1) is 8.69. The van der Waals surface area contributed by atoms with Gasteiger partial charge in [-0.2, -0.15) is 4.98 Å². The molecule has 1 heterocycles. The Morgan fingerprint density at radius 1 is 1.39 bits per heavy atom. The monoisotopic (exact) mass is 248 g/mol. The molecule has 1 unspecified atom stereocenters. The van der Waals surface area contributed by atoms with Crippen molar-refractivity contribution in [2.75, 3.05) is 7.11 Å². The highest BCUT2D eigenvalue weighted by Gasteiger charge is 2.11. The Morgan fingerprint density at radius 2 is 2.17 bits per heavy atom. The molecule has 1 aromatic heterocycles. The maximum atomic E-state index is 9.24. The quantitative estimate of drug-likeness (QED) is 0.870. The van der Waals surface area contributed by atoms with Crippen LogP contribution in [0.4, 0.5) is 0 Å². The highest BCUT2D eigenvalue weighted by Crippen LogP contribution is 2.19. The fourth-order valence-corrected chi connectivity index (χ4v) is 1.72. The zero-order chi connectivity index (χ0) is 13.0. The Balaban J connectivity index is 2.11. The first kappa shape index (κ1) is 12.6. The summed E-state index contributed by atoms with van der Waals surface area (Å²) in [6, 6.07) is 7.71. The number of nitrogens with zero attached hydrogens (tertiary/aromatic N) is 2. The number of aliphatic hydroxyl groups is 1. The minimum atomic E-state index is -0.482. The van der Waals surface area contributed by atoms with Crippen LogP contribution in [0.15, 0.2) is 28.8 Å². The van der Waals surface area contributed by atoms with E-state index in [-0.39, 0.29) is 0 Å². The molecule has 0 saturated heterocycles. The van der Waals surface area contributed by atoms with Gasteiger partial charge in [0.1, 0.15) is 5.75 Å². The summed E-state index contributed by atoms with van der Waals surface area (Å²) in [7, 11) is 1.63. The number of methoxy groups -OCH3 is 1. The van der Waals surface area contributed by atoms with Gasteiger partial charge < -0.3 is 14.4 Å². The normalized spacial score (nSPS) is 12.4. The average molecular weight is 248 g/mol. The molecule has 0 amide bonds. The molecule has 0 aliphatic carbocycles. The van der Waals surface area contributed by atoms with Gasteiger partial charge in [-0.05, 0) is 13.0 Å². The largest absolute Gasteiger partial charge is 0.496 e.